The number of thiazole rings is 1. The lowest BCUT2D eigenvalue weighted by Crippen LogP contribution is -2.38. The lowest BCUT2D eigenvalue weighted by atomic mass is 9.83. The molecule has 1 aliphatic carbocycles. The molecule has 0 amide bonds. The first kappa shape index (κ1) is 26.9. The molecule has 0 saturated carbocycles. The van der Waals surface area contributed by atoms with Gasteiger partial charge in [0, 0.05) is 5.56 Å². The molecule has 5 aromatic rings. The number of ether oxygens (including phenoxy) is 1. The van der Waals surface area contributed by atoms with Gasteiger partial charge < -0.3 is 4.74 Å². The molecule has 2 aliphatic rings. The van der Waals surface area contributed by atoms with Crippen LogP contribution in [0, 0.1) is 5.82 Å². The van der Waals surface area contributed by atoms with Crippen molar-refractivity contribution < 1.29 is 9.13 Å². The van der Waals surface area contributed by atoms with Gasteiger partial charge in [0.1, 0.15) is 18.2 Å². The molecule has 1 aliphatic heterocycles. The second-order valence-corrected chi connectivity index (χ2v) is 12.1. The maximum atomic E-state index is 14.0. The molecule has 208 valence electrons. The van der Waals surface area contributed by atoms with Crippen molar-refractivity contribution in [3.63, 3.8) is 0 Å². The molecule has 0 fully saturated rings. The number of aryl methyl sites for hydroxylation is 1. The third-order valence-electron chi connectivity index (χ3n) is 7.60. The van der Waals surface area contributed by atoms with E-state index in [1.165, 1.54) is 29.0 Å². The summed E-state index contributed by atoms with van der Waals surface area (Å²) in [4.78, 5) is 19.6. The van der Waals surface area contributed by atoms with Crippen LogP contribution in [0.5, 0.6) is 5.75 Å². The first-order valence-electron chi connectivity index (χ1n) is 13.5. The number of nitrogens with zero attached hydrogens (tertiary/aromatic N) is 2. The average Bonchev–Trinajstić information content (AvgIpc) is 3.31. The molecule has 4 nitrogen and oxygen atoms in total. The minimum atomic E-state index is -0.353. The van der Waals surface area contributed by atoms with Crippen LogP contribution in [0.15, 0.2) is 106 Å². The smallest absolute Gasteiger partial charge is 0.271 e. The van der Waals surface area contributed by atoms with Crippen LogP contribution in [0.4, 0.5) is 4.39 Å². The van der Waals surface area contributed by atoms with E-state index in [1.807, 2.05) is 48.5 Å². The number of halogens is 3. The van der Waals surface area contributed by atoms with Crippen molar-refractivity contribution in [2.45, 2.75) is 25.5 Å². The molecule has 0 spiro atoms. The van der Waals surface area contributed by atoms with E-state index in [1.54, 1.807) is 28.8 Å². The van der Waals surface area contributed by atoms with Crippen molar-refractivity contribution in [2.24, 2.45) is 4.99 Å². The highest BCUT2D eigenvalue weighted by Gasteiger charge is 2.32. The van der Waals surface area contributed by atoms with E-state index >= 15 is 0 Å². The van der Waals surface area contributed by atoms with Crippen molar-refractivity contribution in [1.29, 1.82) is 0 Å². The molecular weight excluding hydrogens is 590 g/mol. The Morgan fingerprint density at radius 1 is 0.952 bits per heavy atom. The van der Waals surface area contributed by atoms with E-state index in [9.17, 15) is 9.18 Å². The minimum absolute atomic E-state index is 0.124. The number of rotatable bonds is 5. The summed E-state index contributed by atoms with van der Waals surface area (Å²) in [5, 5.41) is 0.974. The van der Waals surface area contributed by atoms with E-state index in [2.05, 4.69) is 12.1 Å². The Morgan fingerprint density at radius 2 is 1.79 bits per heavy atom. The van der Waals surface area contributed by atoms with Crippen LogP contribution in [0.2, 0.25) is 10.0 Å². The highest BCUT2D eigenvalue weighted by Crippen LogP contribution is 2.41. The molecule has 1 atom stereocenters. The van der Waals surface area contributed by atoms with Crippen molar-refractivity contribution in [1.82, 2.24) is 4.57 Å². The largest absolute Gasteiger partial charge is 0.489 e. The van der Waals surface area contributed by atoms with Crippen LogP contribution >= 0.6 is 34.5 Å². The normalized spacial score (nSPS) is 16.0. The predicted molar refractivity (Wildman–Crippen MR) is 166 cm³/mol. The first-order valence-corrected chi connectivity index (χ1v) is 15.1. The number of hydrogen-bond acceptors (Lipinski definition) is 4. The molecular formula is C34H23Cl2FN2O2S. The Balaban J connectivity index is 1.29. The van der Waals surface area contributed by atoms with Gasteiger partial charge in [-0.2, -0.15) is 0 Å². The average molecular weight is 614 g/mol. The molecule has 0 unspecified atom stereocenters. The van der Waals surface area contributed by atoms with Gasteiger partial charge in [-0.15, -0.1) is 0 Å². The monoisotopic (exact) mass is 612 g/mol. The molecule has 0 N–H and O–H groups in total. The molecule has 2 heterocycles. The molecule has 0 radical (unpaired) electrons. The third-order valence-corrected chi connectivity index (χ3v) is 9.33. The summed E-state index contributed by atoms with van der Waals surface area (Å²) in [7, 11) is 0. The second kappa shape index (κ2) is 11.0. The van der Waals surface area contributed by atoms with Crippen molar-refractivity contribution in [3.05, 3.63) is 160 Å². The van der Waals surface area contributed by atoms with Crippen molar-refractivity contribution >= 4 is 46.3 Å². The Morgan fingerprint density at radius 3 is 2.62 bits per heavy atom. The van der Waals surface area contributed by atoms with Gasteiger partial charge in [0.2, 0.25) is 0 Å². The molecule has 0 saturated heterocycles. The topological polar surface area (TPSA) is 43.6 Å². The van der Waals surface area contributed by atoms with Gasteiger partial charge in [0.25, 0.3) is 5.56 Å². The fourth-order valence-electron chi connectivity index (χ4n) is 5.61. The SMILES string of the molecule is O=c1/c(=C/c2cccc(OCc3ccc(Cl)c(Cl)c3)c2)sc2n1[C@@H](c1ccc(F)cc1)C1=C(N=2)c2ccccc2CC1. The van der Waals surface area contributed by atoms with E-state index in [0.29, 0.717) is 31.7 Å². The van der Waals surface area contributed by atoms with Gasteiger partial charge in [-0.05, 0) is 83.1 Å². The van der Waals surface area contributed by atoms with Gasteiger partial charge in [-0.1, -0.05) is 89.1 Å². The van der Waals surface area contributed by atoms with Gasteiger partial charge in [0.05, 0.1) is 26.3 Å². The zero-order chi connectivity index (χ0) is 28.8. The summed E-state index contributed by atoms with van der Waals surface area (Å²) in [5.74, 6) is 0.356. The van der Waals surface area contributed by atoms with Crippen LogP contribution in [0.1, 0.15) is 40.3 Å². The van der Waals surface area contributed by atoms with E-state index < -0.39 is 0 Å². The number of hydrogen-bond donors (Lipinski definition) is 0. The van der Waals surface area contributed by atoms with Gasteiger partial charge in [0.15, 0.2) is 4.80 Å². The quantitative estimate of drug-likeness (QED) is 0.208. The summed E-state index contributed by atoms with van der Waals surface area (Å²) in [6, 6.07) is 27.4. The third kappa shape index (κ3) is 5.00. The van der Waals surface area contributed by atoms with Crippen molar-refractivity contribution in [3.8, 4) is 5.75 Å². The first-order chi connectivity index (χ1) is 20.4. The molecule has 0 bridgehead atoms. The summed E-state index contributed by atoms with van der Waals surface area (Å²) in [5.41, 5.74) is 6.80. The molecule has 8 heteroatoms. The highest BCUT2D eigenvalue weighted by molar-refractivity contribution is 7.07. The van der Waals surface area contributed by atoms with E-state index in [0.717, 1.165) is 46.4 Å². The zero-order valence-electron chi connectivity index (χ0n) is 22.2. The van der Waals surface area contributed by atoms with E-state index in [4.69, 9.17) is 32.9 Å². The zero-order valence-corrected chi connectivity index (χ0v) is 24.5. The standard InChI is InChI=1S/C34H23Cl2FN2O2S/c35-28-15-8-21(17-29(28)36)19-41-25-6-3-4-20(16-25)18-30-33(40)39-32(23-9-12-24(37)13-10-23)27-14-11-22-5-1-2-7-26(22)31(27)38-34(39)42-30/h1-10,12-13,15-18,32H,11,14,19H2/b30-18-/t32-/m0/s1. The van der Waals surface area contributed by atoms with Gasteiger partial charge in [-0.3, -0.25) is 9.36 Å². The number of aromatic nitrogens is 1. The Kier molecular flexibility index (Phi) is 7.06. The Hall–Kier alpha value is -3.97. The maximum Gasteiger partial charge on any atom is 0.271 e. The number of allylic oxidation sites excluding steroid dienone is 1. The van der Waals surface area contributed by atoms with Gasteiger partial charge >= 0.3 is 0 Å². The summed E-state index contributed by atoms with van der Waals surface area (Å²) >= 11 is 13.5. The summed E-state index contributed by atoms with van der Waals surface area (Å²) in [6.07, 6.45) is 3.51. The lowest BCUT2D eigenvalue weighted by molar-refractivity contribution is 0.306. The van der Waals surface area contributed by atoms with Crippen LogP contribution in [0.25, 0.3) is 11.8 Å². The predicted octanol–water partition coefficient (Wildman–Crippen LogP) is 7.34. The number of benzene rings is 4. The molecule has 4 aromatic carbocycles. The molecule has 42 heavy (non-hydrogen) atoms. The summed E-state index contributed by atoms with van der Waals surface area (Å²) < 4.78 is 22.2. The lowest BCUT2D eigenvalue weighted by Gasteiger charge is -2.30. The fraction of sp³-hybridized carbons (Fsp3) is 0.118. The van der Waals surface area contributed by atoms with Crippen molar-refractivity contribution in [2.75, 3.05) is 0 Å². The fourth-order valence-corrected chi connectivity index (χ4v) is 6.93. The van der Waals surface area contributed by atoms with Crippen LogP contribution < -0.4 is 19.6 Å². The highest BCUT2D eigenvalue weighted by atomic mass is 35.5. The van der Waals surface area contributed by atoms with Crippen LogP contribution in [-0.2, 0) is 13.0 Å². The Labute approximate surface area is 255 Å². The minimum Gasteiger partial charge on any atom is -0.489 e. The van der Waals surface area contributed by atoms with E-state index in [-0.39, 0.29) is 17.4 Å². The van der Waals surface area contributed by atoms with Crippen LogP contribution in [0.3, 0.4) is 0 Å². The Bertz CT molecular complexity index is 2060. The second-order valence-electron chi connectivity index (χ2n) is 10.3. The summed E-state index contributed by atoms with van der Waals surface area (Å²) in [6.45, 7) is 0.327. The van der Waals surface area contributed by atoms with Gasteiger partial charge in [-0.25, -0.2) is 9.38 Å². The van der Waals surface area contributed by atoms with Crippen LogP contribution in [-0.4, -0.2) is 4.57 Å². The number of fused-ring (bicyclic) bond motifs is 3. The molecule has 7 rings (SSSR count). The molecule has 1 aromatic heterocycles. The maximum absolute atomic E-state index is 14.0.